The van der Waals surface area contributed by atoms with Crippen LogP contribution in [0.1, 0.15) is 15.2 Å². The van der Waals surface area contributed by atoms with Crippen molar-refractivity contribution in [2.45, 2.75) is 11.4 Å². The van der Waals surface area contributed by atoms with E-state index in [1.165, 1.54) is 18.6 Å². The summed E-state index contributed by atoms with van der Waals surface area (Å²) >= 11 is 1.03. The van der Waals surface area contributed by atoms with Crippen LogP contribution < -0.4 is 9.46 Å². The quantitative estimate of drug-likeness (QED) is 0.813. The molecule has 8 heteroatoms. The third kappa shape index (κ3) is 3.65. The van der Waals surface area contributed by atoms with Crippen LogP contribution in [0.25, 0.3) is 0 Å². The van der Waals surface area contributed by atoms with E-state index in [9.17, 15) is 13.2 Å². The van der Waals surface area contributed by atoms with E-state index >= 15 is 0 Å². The van der Waals surface area contributed by atoms with Crippen LogP contribution in [0, 0.1) is 0 Å². The number of thiophene rings is 1. The topological polar surface area (TPSA) is 81.7 Å². The number of carbonyl (C=O) groups is 1. The molecule has 0 aliphatic carbocycles. The molecule has 1 N–H and O–H groups in total. The number of hydrogen-bond acceptors (Lipinski definition) is 6. The van der Waals surface area contributed by atoms with Crippen LogP contribution in [0.2, 0.25) is 0 Å². The smallest absolute Gasteiger partial charge is 0.349 e. The molecule has 0 fully saturated rings. The number of carbonyl (C=O) groups excluding carboxylic acids is 1. The van der Waals surface area contributed by atoms with Gasteiger partial charge in [-0.05, 0) is 29.1 Å². The van der Waals surface area contributed by atoms with E-state index < -0.39 is 16.0 Å². The number of ether oxygens (including phenoxy) is 2. The van der Waals surface area contributed by atoms with Crippen molar-refractivity contribution in [3.8, 4) is 5.75 Å². The fraction of sp³-hybridized carbons (Fsp3) is 0.214. The Morgan fingerprint density at radius 3 is 2.45 bits per heavy atom. The van der Waals surface area contributed by atoms with Crippen molar-refractivity contribution in [3.05, 3.63) is 46.2 Å². The van der Waals surface area contributed by atoms with Gasteiger partial charge in [-0.25, -0.2) is 17.9 Å². The van der Waals surface area contributed by atoms with Crippen LogP contribution in [-0.4, -0.2) is 28.6 Å². The molecule has 2 rings (SSSR count). The highest BCUT2D eigenvalue weighted by Gasteiger charge is 2.24. The molecule has 0 spiro atoms. The Bertz CT molecular complexity index is 750. The van der Waals surface area contributed by atoms with Crippen molar-refractivity contribution in [1.82, 2.24) is 4.72 Å². The Morgan fingerprint density at radius 2 is 1.86 bits per heavy atom. The standard InChI is InChI=1S/C14H15NO5S2/c1-19-11-5-3-10(4-6-11)9-15-22(17,18)12-7-8-21-13(12)14(16)20-2/h3-8,15H,9H2,1-2H3. The number of sulfonamides is 1. The SMILES string of the molecule is COC(=O)c1sccc1S(=O)(=O)NCc1ccc(OC)cc1. The van der Waals surface area contributed by atoms with Gasteiger partial charge in [-0.3, -0.25) is 0 Å². The zero-order chi connectivity index (χ0) is 16.2. The second-order valence-electron chi connectivity index (χ2n) is 4.28. The summed E-state index contributed by atoms with van der Waals surface area (Å²) in [5, 5.41) is 1.54. The summed E-state index contributed by atoms with van der Waals surface area (Å²) in [4.78, 5) is 11.6. The van der Waals surface area contributed by atoms with Gasteiger partial charge in [0.05, 0.1) is 14.2 Å². The Kier molecular flexibility index (Phi) is 5.17. The first kappa shape index (κ1) is 16.5. The fourth-order valence-corrected chi connectivity index (χ4v) is 4.10. The molecular formula is C14H15NO5S2. The van der Waals surface area contributed by atoms with Gasteiger partial charge in [0.2, 0.25) is 10.0 Å². The van der Waals surface area contributed by atoms with Crippen molar-refractivity contribution >= 4 is 27.3 Å². The number of benzene rings is 1. The summed E-state index contributed by atoms with van der Waals surface area (Å²) in [6, 6.07) is 8.39. The molecule has 22 heavy (non-hydrogen) atoms. The first-order valence-electron chi connectivity index (χ1n) is 6.26. The number of esters is 1. The maximum atomic E-state index is 12.3. The molecule has 0 saturated heterocycles. The first-order valence-corrected chi connectivity index (χ1v) is 8.62. The van der Waals surface area contributed by atoms with Crippen molar-refractivity contribution in [3.63, 3.8) is 0 Å². The molecule has 0 saturated carbocycles. The van der Waals surface area contributed by atoms with E-state index in [1.54, 1.807) is 31.4 Å². The predicted molar refractivity (Wildman–Crippen MR) is 82.7 cm³/mol. The van der Waals surface area contributed by atoms with Crippen LogP contribution in [0.3, 0.4) is 0 Å². The van der Waals surface area contributed by atoms with Gasteiger partial charge < -0.3 is 9.47 Å². The highest BCUT2D eigenvalue weighted by molar-refractivity contribution is 7.89. The maximum Gasteiger partial charge on any atom is 0.349 e. The molecule has 2 aromatic rings. The minimum atomic E-state index is -3.79. The second kappa shape index (κ2) is 6.91. The Labute approximate surface area is 132 Å². The predicted octanol–water partition coefficient (Wildman–Crippen LogP) is 2.02. The first-order chi connectivity index (χ1) is 10.5. The summed E-state index contributed by atoms with van der Waals surface area (Å²) in [5.74, 6) is 0.0252. The molecule has 0 bridgehead atoms. The minimum Gasteiger partial charge on any atom is -0.497 e. The fourth-order valence-electron chi connectivity index (χ4n) is 1.75. The van der Waals surface area contributed by atoms with E-state index in [0.717, 1.165) is 16.9 Å². The van der Waals surface area contributed by atoms with Crippen LogP contribution in [0.15, 0.2) is 40.6 Å². The van der Waals surface area contributed by atoms with Crippen LogP contribution in [0.4, 0.5) is 0 Å². The van der Waals surface area contributed by atoms with Gasteiger partial charge in [-0.15, -0.1) is 11.3 Å². The molecule has 1 aromatic heterocycles. The zero-order valence-electron chi connectivity index (χ0n) is 12.0. The molecule has 0 amide bonds. The van der Waals surface area contributed by atoms with Crippen LogP contribution in [0.5, 0.6) is 5.75 Å². The summed E-state index contributed by atoms with van der Waals surface area (Å²) in [7, 11) is -1.02. The third-order valence-electron chi connectivity index (χ3n) is 2.91. The van der Waals surface area contributed by atoms with Crippen LogP contribution in [-0.2, 0) is 21.3 Å². The van der Waals surface area contributed by atoms with Crippen molar-refractivity contribution in [2.75, 3.05) is 14.2 Å². The lowest BCUT2D eigenvalue weighted by molar-refractivity contribution is 0.0602. The monoisotopic (exact) mass is 341 g/mol. The lowest BCUT2D eigenvalue weighted by atomic mass is 10.2. The Morgan fingerprint density at radius 1 is 1.18 bits per heavy atom. The average Bonchev–Trinajstić information content (AvgIpc) is 3.03. The Balaban J connectivity index is 2.14. The average molecular weight is 341 g/mol. The molecule has 1 aromatic carbocycles. The van der Waals surface area contributed by atoms with Crippen molar-refractivity contribution in [2.24, 2.45) is 0 Å². The highest BCUT2D eigenvalue weighted by atomic mass is 32.2. The van der Waals surface area contributed by atoms with E-state index in [1.807, 2.05) is 0 Å². The molecule has 0 unspecified atom stereocenters. The van der Waals surface area contributed by atoms with Crippen LogP contribution >= 0.6 is 11.3 Å². The van der Waals surface area contributed by atoms with Gasteiger partial charge in [0.25, 0.3) is 0 Å². The zero-order valence-corrected chi connectivity index (χ0v) is 13.7. The molecule has 0 atom stereocenters. The molecule has 1 heterocycles. The number of nitrogens with one attached hydrogen (secondary N) is 1. The van der Waals surface area contributed by atoms with E-state index in [2.05, 4.69) is 9.46 Å². The van der Waals surface area contributed by atoms with Gasteiger partial charge in [0.1, 0.15) is 15.5 Å². The van der Waals surface area contributed by atoms with Gasteiger partial charge in [0.15, 0.2) is 0 Å². The maximum absolute atomic E-state index is 12.3. The van der Waals surface area contributed by atoms with Gasteiger partial charge >= 0.3 is 5.97 Å². The van der Waals surface area contributed by atoms with E-state index in [0.29, 0.717) is 5.75 Å². The number of hydrogen-bond donors (Lipinski definition) is 1. The number of methoxy groups -OCH3 is 2. The normalized spacial score (nSPS) is 11.2. The molecule has 0 aliphatic heterocycles. The lowest BCUT2D eigenvalue weighted by Crippen LogP contribution is -2.24. The largest absolute Gasteiger partial charge is 0.497 e. The summed E-state index contributed by atoms with van der Waals surface area (Å²) in [6.45, 7) is 0.114. The van der Waals surface area contributed by atoms with Gasteiger partial charge in [0, 0.05) is 6.54 Å². The molecule has 6 nitrogen and oxygen atoms in total. The summed E-state index contributed by atoms with van der Waals surface area (Å²) in [6.07, 6.45) is 0. The van der Waals surface area contributed by atoms with Gasteiger partial charge in [-0.1, -0.05) is 12.1 Å². The minimum absolute atomic E-state index is 0.0599. The highest BCUT2D eigenvalue weighted by Crippen LogP contribution is 2.23. The second-order valence-corrected chi connectivity index (χ2v) is 6.93. The van der Waals surface area contributed by atoms with Crippen molar-refractivity contribution in [1.29, 1.82) is 0 Å². The molecular weight excluding hydrogens is 326 g/mol. The Hall–Kier alpha value is -1.90. The molecule has 0 radical (unpaired) electrons. The third-order valence-corrected chi connectivity index (χ3v) is 5.38. The van der Waals surface area contributed by atoms with Gasteiger partial charge in [-0.2, -0.15) is 0 Å². The number of rotatable bonds is 6. The summed E-state index contributed by atoms with van der Waals surface area (Å²) < 4.78 is 36.7. The van der Waals surface area contributed by atoms with E-state index in [-0.39, 0.29) is 16.3 Å². The molecule has 118 valence electrons. The molecule has 0 aliphatic rings. The van der Waals surface area contributed by atoms with E-state index in [4.69, 9.17) is 4.74 Å². The summed E-state index contributed by atoms with van der Waals surface area (Å²) in [5.41, 5.74) is 0.777. The lowest BCUT2D eigenvalue weighted by Gasteiger charge is -2.08. The van der Waals surface area contributed by atoms with Crippen molar-refractivity contribution < 1.29 is 22.7 Å².